The minimum atomic E-state index is -0.750. The van der Waals surface area contributed by atoms with E-state index in [0.717, 1.165) is 25.8 Å². The van der Waals surface area contributed by atoms with E-state index in [1.807, 2.05) is 0 Å². The number of unbranched alkanes of at least 4 members (excludes halogenated alkanes) is 1. The van der Waals surface area contributed by atoms with Gasteiger partial charge < -0.3 is 15.4 Å². The molecule has 0 heterocycles. The Morgan fingerprint density at radius 3 is 2.88 bits per heavy atom. The number of ether oxygens (including phenoxy) is 1. The van der Waals surface area contributed by atoms with Crippen molar-refractivity contribution in [2.45, 2.75) is 50.6 Å². The van der Waals surface area contributed by atoms with Crippen molar-refractivity contribution in [2.24, 2.45) is 5.73 Å². The Morgan fingerprint density at radius 2 is 2.31 bits per heavy atom. The lowest BCUT2D eigenvalue weighted by atomic mass is 9.99. The second kappa shape index (κ2) is 5.64. The van der Waals surface area contributed by atoms with E-state index >= 15 is 0 Å². The average Bonchev–Trinajstić information content (AvgIpc) is 2.69. The molecule has 4 nitrogen and oxygen atoms in total. The Hall–Kier alpha value is -0.610. The third-order valence-electron chi connectivity index (χ3n) is 3.60. The quantitative estimate of drug-likeness (QED) is 0.717. The highest BCUT2D eigenvalue weighted by Gasteiger charge is 2.43. The molecule has 1 rings (SSSR count). The molecule has 2 N–H and O–H groups in total. The van der Waals surface area contributed by atoms with Crippen molar-refractivity contribution in [3.05, 3.63) is 0 Å². The first-order chi connectivity index (χ1) is 7.53. The summed E-state index contributed by atoms with van der Waals surface area (Å²) in [6.07, 6.45) is 4.84. The zero-order valence-electron chi connectivity index (χ0n) is 10.7. The van der Waals surface area contributed by atoms with E-state index in [9.17, 15) is 4.79 Å². The van der Waals surface area contributed by atoms with Gasteiger partial charge >= 0.3 is 5.97 Å². The zero-order chi connectivity index (χ0) is 12.2. The number of nitrogens with zero attached hydrogens (tertiary/aromatic N) is 1. The van der Waals surface area contributed by atoms with Crippen molar-refractivity contribution in [3.8, 4) is 0 Å². The van der Waals surface area contributed by atoms with Gasteiger partial charge in [0.05, 0.1) is 7.11 Å². The largest absolute Gasteiger partial charge is 0.468 e. The van der Waals surface area contributed by atoms with Crippen molar-refractivity contribution in [2.75, 3.05) is 20.7 Å². The maximum Gasteiger partial charge on any atom is 0.325 e. The fourth-order valence-corrected chi connectivity index (χ4v) is 2.40. The van der Waals surface area contributed by atoms with Crippen LogP contribution in [0.3, 0.4) is 0 Å². The van der Waals surface area contributed by atoms with E-state index in [2.05, 4.69) is 18.9 Å². The molecule has 0 radical (unpaired) electrons. The van der Waals surface area contributed by atoms with Crippen LogP contribution in [0.2, 0.25) is 0 Å². The average molecular weight is 228 g/mol. The van der Waals surface area contributed by atoms with Gasteiger partial charge in [-0.3, -0.25) is 4.79 Å². The lowest BCUT2D eigenvalue weighted by molar-refractivity contribution is -0.146. The van der Waals surface area contributed by atoms with Crippen LogP contribution in [0.15, 0.2) is 0 Å². The molecule has 1 aliphatic carbocycles. The van der Waals surface area contributed by atoms with Crippen molar-refractivity contribution in [1.29, 1.82) is 0 Å². The molecule has 94 valence electrons. The predicted molar refractivity (Wildman–Crippen MR) is 64.1 cm³/mol. The van der Waals surface area contributed by atoms with Gasteiger partial charge in [0, 0.05) is 6.04 Å². The first-order valence-electron chi connectivity index (χ1n) is 6.11. The van der Waals surface area contributed by atoms with Gasteiger partial charge in [0.15, 0.2) is 0 Å². The third kappa shape index (κ3) is 2.95. The van der Waals surface area contributed by atoms with E-state index < -0.39 is 5.54 Å². The molecule has 0 aromatic carbocycles. The number of hydrogen-bond acceptors (Lipinski definition) is 4. The topological polar surface area (TPSA) is 55.6 Å². The zero-order valence-corrected chi connectivity index (χ0v) is 10.7. The normalized spacial score (nSPS) is 29.7. The Balaban J connectivity index is 2.48. The molecule has 0 spiro atoms. The first-order valence-corrected chi connectivity index (χ1v) is 6.11. The highest BCUT2D eigenvalue weighted by atomic mass is 16.5. The van der Waals surface area contributed by atoms with Gasteiger partial charge in [-0.2, -0.15) is 0 Å². The summed E-state index contributed by atoms with van der Waals surface area (Å²) in [6.45, 7) is 3.27. The van der Waals surface area contributed by atoms with Crippen LogP contribution < -0.4 is 5.73 Å². The standard InChI is InChI=1S/C12H24N2O2/c1-4-5-8-14(2)10-6-7-12(13,9-10)11(15)16-3/h10H,4-9,13H2,1-3H3. The maximum absolute atomic E-state index is 11.6. The summed E-state index contributed by atoms with van der Waals surface area (Å²) in [4.78, 5) is 13.9. The number of esters is 1. The third-order valence-corrected chi connectivity index (χ3v) is 3.60. The van der Waals surface area contributed by atoms with E-state index in [4.69, 9.17) is 10.5 Å². The molecule has 2 atom stereocenters. The SMILES string of the molecule is CCCCN(C)C1CCC(N)(C(=O)OC)C1. The molecule has 1 fully saturated rings. The van der Waals surface area contributed by atoms with Gasteiger partial charge in [0.25, 0.3) is 0 Å². The van der Waals surface area contributed by atoms with Crippen LogP contribution in [0.25, 0.3) is 0 Å². The molecular weight excluding hydrogens is 204 g/mol. The number of nitrogens with two attached hydrogens (primary N) is 1. The molecule has 0 saturated heterocycles. The lowest BCUT2D eigenvalue weighted by Gasteiger charge is -2.26. The van der Waals surface area contributed by atoms with Gasteiger partial charge in [-0.15, -0.1) is 0 Å². The Labute approximate surface area is 98.1 Å². The maximum atomic E-state index is 11.6. The van der Waals surface area contributed by atoms with E-state index in [1.54, 1.807) is 0 Å². The number of carbonyl (C=O) groups is 1. The second-order valence-corrected chi connectivity index (χ2v) is 4.88. The van der Waals surface area contributed by atoms with Crippen molar-refractivity contribution < 1.29 is 9.53 Å². The lowest BCUT2D eigenvalue weighted by Crippen LogP contribution is -2.47. The highest BCUT2D eigenvalue weighted by Crippen LogP contribution is 2.31. The van der Waals surface area contributed by atoms with Crippen molar-refractivity contribution in [1.82, 2.24) is 4.90 Å². The summed E-state index contributed by atoms with van der Waals surface area (Å²) >= 11 is 0. The number of methoxy groups -OCH3 is 1. The highest BCUT2D eigenvalue weighted by molar-refractivity contribution is 5.81. The van der Waals surface area contributed by atoms with E-state index in [0.29, 0.717) is 6.04 Å². The molecule has 0 aromatic heterocycles. The van der Waals surface area contributed by atoms with Crippen LogP contribution in [0.1, 0.15) is 39.0 Å². The Kier molecular flexibility index (Phi) is 4.74. The van der Waals surface area contributed by atoms with Crippen LogP contribution >= 0.6 is 0 Å². The summed E-state index contributed by atoms with van der Waals surface area (Å²) < 4.78 is 4.76. The van der Waals surface area contributed by atoms with E-state index in [1.165, 1.54) is 20.0 Å². The smallest absolute Gasteiger partial charge is 0.325 e. The molecule has 0 aliphatic heterocycles. The van der Waals surface area contributed by atoms with Crippen LogP contribution in [-0.4, -0.2) is 43.2 Å². The molecular formula is C12H24N2O2. The summed E-state index contributed by atoms with van der Waals surface area (Å²) in [6, 6.07) is 0.427. The van der Waals surface area contributed by atoms with Crippen LogP contribution in [0.4, 0.5) is 0 Å². The van der Waals surface area contributed by atoms with Crippen molar-refractivity contribution >= 4 is 5.97 Å². The van der Waals surface area contributed by atoms with Gasteiger partial charge in [-0.25, -0.2) is 0 Å². The Bertz CT molecular complexity index is 245. The minimum Gasteiger partial charge on any atom is -0.468 e. The molecule has 4 heteroatoms. The summed E-state index contributed by atoms with van der Waals surface area (Å²) in [5, 5.41) is 0. The van der Waals surface area contributed by atoms with Gasteiger partial charge in [-0.1, -0.05) is 13.3 Å². The molecule has 0 amide bonds. The monoisotopic (exact) mass is 228 g/mol. The minimum absolute atomic E-state index is 0.265. The van der Waals surface area contributed by atoms with Crippen LogP contribution in [0.5, 0.6) is 0 Å². The van der Waals surface area contributed by atoms with Gasteiger partial charge in [0.1, 0.15) is 5.54 Å². The molecule has 16 heavy (non-hydrogen) atoms. The van der Waals surface area contributed by atoms with Gasteiger partial charge in [-0.05, 0) is 39.3 Å². The molecule has 0 bridgehead atoms. The van der Waals surface area contributed by atoms with Crippen LogP contribution in [0, 0.1) is 0 Å². The second-order valence-electron chi connectivity index (χ2n) is 4.88. The van der Waals surface area contributed by atoms with Gasteiger partial charge in [0.2, 0.25) is 0 Å². The summed E-state index contributed by atoms with van der Waals surface area (Å²) in [5.41, 5.74) is 5.32. The fourth-order valence-electron chi connectivity index (χ4n) is 2.40. The Morgan fingerprint density at radius 1 is 1.62 bits per heavy atom. The summed E-state index contributed by atoms with van der Waals surface area (Å²) in [7, 11) is 3.52. The first kappa shape index (κ1) is 13.5. The fraction of sp³-hybridized carbons (Fsp3) is 0.917. The van der Waals surface area contributed by atoms with E-state index in [-0.39, 0.29) is 5.97 Å². The number of hydrogen-bond donors (Lipinski definition) is 1. The summed E-state index contributed by atoms with van der Waals surface area (Å²) in [5.74, 6) is -0.265. The predicted octanol–water partition coefficient (Wildman–Crippen LogP) is 1.14. The van der Waals surface area contributed by atoms with Crippen LogP contribution in [-0.2, 0) is 9.53 Å². The molecule has 2 unspecified atom stereocenters. The van der Waals surface area contributed by atoms with Crippen molar-refractivity contribution in [3.63, 3.8) is 0 Å². The number of rotatable bonds is 5. The molecule has 1 saturated carbocycles. The molecule has 1 aliphatic rings. The number of carbonyl (C=O) groups excluding carboxylic acids is 1. The molecule has 0 aromatic rings.